The predicted molar refractivity (Wildman–Crippen MR) is 65.4 cm³/mol. The fourth-order valence-corrected chi connectivity index (χ4v) is 3.31. The van der Waals surface area contributed by atoms with Gasteiger partial charge in [-0.25, -0.2) is 8.42 Å². The predicted octanol–water partition coefficient (Wildman–Crippen LogP) is -0.180. The van der Waals surface area contributed by atoms with Gasteiger partial charge < -0.3 is 10.6 Å². The van der Waals surface area contributed by atoms with E-state index < -0.39 is 9.84 Å². The molecular weight excluding hydrogens is 240 g/mol. The second-order valence-electron chi connectivity index (χ2n) is 5.25. The summed E-state index contributed by atoms with van der Waals surface area (Å²) in [6.45, 7) is 0. The average Bonchev–Trinajstić information content (AvgIpc) is 2.54. The Balaban J connectivity index is 1.75. The number of carbonyl (C=O) groups excluding carboxylic acids is 1. The molecule has 6 heteroatoms. The van der Waals surface area contributed by atoms with Gasteiger partial charge in [0.25, 0.3) is 0 Å². The van der Waals surface area contributed by atoms with Crippen LogP contribution < -0.4 is 10.6 Å². The molecule has 1 amide bonds. The van der Waals surface area contributed by atoms with Gasteiger partial charge in [-0.2, -0.15) is 0 Å². The Morgan fingerprint density at radius 1 is 1.29 bits per heavy atom. The van der Waals surface area contributed by atoms with Crippen molar-refractivity contribution in [3.05, 3.63) is 0 Å². The van der Waals surface area contributed by atoms with Gasteiger partial charge in [-0.15, -0.1) is 0 Å². The largest absolute Gasteiger partial charge is 0.353 e. The van der Waals surface area contributed by atoms with Crippen LogP contribution in [0.2, 0.25) is 0 Å². The van der Waals surface area contributed by atoms with Crippen molar-refractivity contribution in [1.29, 1.82) is 0 Å². The maximum absolute atomic E-state index is 11.6. The smallest absolute Gasteiger partial charge is 0.221 e. The van der Waals surface area contributed by atoms with Gasteiger partial charge >= 0.3 is 0 Å². The number of nitrogens with one attached hydrogen (secondary N) is 2. The Hall–Kier alpha value is -0.620. The number of fused-ring (bicyclic) bond motifs is 2. The number of carbonyl (C=O) groups is 1. The lowest BCUT2D eigenvalue weighted by Crippen LogP contribution is -2.48. The van der Waals surface area contributed by atoms with Crippen LogP contribution in [0.1, 0.15) is 32.1 Å². The van der Waals surface area contributed by atoms with Gasteiger partial charge in [-0.1, -0.05) is 0 Å². The lowest BCUT2D eigenvalue weighted by molar-refractivity contribution is -0.121. The molecule has 0 spiro atoms. The van der Waals surface area contributed by atoms with E-state index in [2.05, 4.69) is 10.6 Å². The third-order valence-corrected chi connectivity index (χ3v) is 4.48. The normalized spacial score (nSPS) is 32.4. The standard InChI is InChI=1S/C11H20N2O3S/c1-17(15,16)5-4-11(14)13-10-6-8-2-3-9(7-10)12-8/h8-10,12H,2-7H2,1H3,(H,13,14). The number of hydrogen-bond donors (Lipinski definition) is 2. The summed E-state index contributed by atoms with van der Waals surface area (Å²) in [4.78, 5) is 11.6. The van der Waals surface area contributed by atoms with Crippen LogP contribution in [0.3, 0.4) is 0 Å². The number of hydrogen-bond acceptors (Lipinski definition) is 4. The average molecular weight is 260 g/mol. The molecule has 0 radical (unpaired) electrons. The summed E-state index contributed by atoms with van der Waals surface area (Å²) in [5.74, 6) is -0.196. The van der Waals surface area contributed by atoms with Crippen LogP contribution in [0.5, 0.6) is 0 Å². The second-order valence-corrected chi connectivity index (χ2v) is 7.51. The Labute approximate surface area is 102 Å². The van der Waals surface area contributed by atoms with Crippen LogP contribution in [0, 0.1) is 0 Å². The Morgan fingerprint density at radius 2 is 1.88 bits per heavy atom. The van der Waals surface area contributed by atoms with Gasteiger partial charge in [0, 0.05) is 30.8 Å². The number of rotatable bonds is 4. The van der Waals surface area contributed by atoms with E-state index in [1.165, 1.54) is 12.8 Å². The van der Waals surface area contributed by atoms with Crippen LogP contribution in [-0.2, 0) is 14.6 Å². The van der Waals surface area contributed by atoms with Crippen molar-refractivity contribution in [2.75, 3.05) is 12.0 Å². The monoisotopic (exact) mass is 260 g/mol. The minimum absolute atomic E-state index is 0.0589. The number of amides is 1. The molecule has 2 aliphatic rings. The maximum atomic E-state index is 11.6. The zero-order chi connectivity index (χ0) is 12.5. The summed E-state index contributed by atoms with van der Waals surface area (Å²) in [5.41, 5.74) is 0. The molecule has 0 aromatic carbocycles. The van der Waals surface area contributed by atoms with Crippen molar-refractivity contribution >= 4 is 15.7 Å². The molecule has 2 N–H and O–H groups in total. The van der Waals surface area contributed by atoms with E-state index in [9.17, 15) is 13.2 Å². The molecule has 0 aromatic rings. The van der Waals surface area contributed by atoms with Crippen molar-refractivity contribution in [1.82, 2.24) is 10.6 Å². The van der Waals surface area contributed by atoms with E-state index >= 15 is 0 Å². The summed E-state index contributed by atoms with van der Waals surface area (Å²) in [5, 5.41) is 6.45. The molecule has 2 bridgehead atoms. The van der Waals surface area contributed by atoms with Gasteiger partial charge in [-0.3, -0.25) is 4.79 Å². The number of sulfone groups is 1. The molecule has 2 heterocycles. The number of piperidine rings is 1. The zero-order valence-corrected chi connectivity index (χ0v) is 10.9. The van der Waals surface area contributed by atoms with E-state index in [-0.39, 0.29) is 24.1 Å². The molecule has 2 fully saturated rings. The lowest BCUT2D eigenvalue weighted by atomic mass is 10.00. The quantitative estimate of drug-likeness (QED) is 0.735. The van der Waals surface area contributed by atoms with Gasteiger partial charge in [0.15, 0.2) is 0 Å². The summed E-state index contributed by atoms with van der Waals surface area (Å²) in [7, 11) is -3.04. The molecular formula is C11H20N2O3S. The third kappa shape index (κ3) is 3.96. The summed E-state index contributed by atoms with van der Waals surface area (Å²) in [6, 6.07) is 1.30. The Morgan fingerprint density at radius 3 is 2.41 bits per heavy atom. The highest BCUT2D eigenvalue weighted by molar-refractivity contribution is 7.90. The molecule has 5 nitrogen and oxygen atoms in total. The first-order valence-electron chi connectivity index (χ1n) is 6.15. The van der Waals surface area contributed by atoms with Crippen molar-refractivity contribution in [3.63, 3.8) is 0 Å². The van der Waals surface area contributed by atoms with E-state index in [1.807, 2.05) is 0 Å². The molecule has 2 unspecified atom stereocenters. The van der Waals surface area contributed by atoms with Crippen molar-refractivity contribution < 1.29 is 13.2 Å². The summed E-state index contributed by atoms with van der Waals surface area (Å²) in [6.07, 6.45) is 5.58. The SMILES string of the molecule is CS(=O)(=O)CCC(=O)NC1CC2CCC(C1)N2. The zero-order valence-electron chi connectivity index (χ0n) is 10.1. The first kappa shape index (κ1) is 12.8. The molecule has 0 aliphatic carbocycles. The molecule has 2 saturated heterocycles. The van der Waals surface area contributed by atoms with Crippen LogP contribution in [0.4, 0.5) is 0 Å². The van der Waals surface area contributed by atoms with Gasteiger partial charge in [0.05, 0.1) is 5.75 Å². The van der Waals surface area contributed by atoms with Crippen LogP contribution in [0.25, 0.3) is 0 Å². The second kappa shape index (κ2) is 4.94. The molecule has 2 rings (SSSR count). The fraction of sp³-hybridized carbons (Fsp3) is 0.909. The summed E-state index contributed by atoms with van der Waals surface area (Å²) < 4.78 is 21.9. The highest BCUT2D eigenvalue weighted by Crippen LogP contribution is 2.26. The Bertz CT molecular complexity index is 382. The van der Waals surface area contributed by atoms with Crippen LogP contribution >= 0.6 is 0 Å². The van der Waals surface area contributed by atoms with E-state index in [4.69, 9.17) is 0 Å². The molecule has 2 aliphatic heterocycles. The Kier molecular flexibility index (Phi) is 3.73. The van der Waals surface area contributed by atoms with E-state index in [0.29, 0.717) is 12.1 Å². The molecule has 17 heavy (non-hydrogen) atoms. The third-order valence-electron chi connectivity index (χ3n) is 3.54. The lowest BCUT2D eigenvalue weighted by Gasteiger charge is -2.29. The molecule has 0 aromatic heterocycles. The van der Waals surface area contributed by atoms with E-state index in [0.717, 1.165) is 19.1 Å². The first-order chi connectivity index (χ1) is 7.92. The minimum atomic E-state index is -3.04. The van der Waals surface area contributed by atoms with Crippen molar-refractivity contribution in [3.8, 4) is 0 Å². The molecule has 2 atom stereocenters. The van der Waals surface area contributed by atoms with Crippen LogP contribution in [0.15, 0.2) is 0 Å². The van der Waals surface area contributed by atoms with Crippen LogP contribution in [-0.4, -0.2) is 44.5 Å². The highest BCUT2D eigenvalue weighted by atomic mass is 32.2. The minimum Gasteiger partial charge on any atom is -0.353 e. The van der Waals surface area contributed by atoms with Gasteiger partial charge in [0.2, 0.25) is 5.91 Å². The van der Waals surface area contributed by atoms with E-state index in [1.54, 1.807) is 0 Å². The summed E-state index contributed by atoms with van der Waals surface area (Å²) >= 11 is 0. The van der Waals surface area contributed by atoms with Crippen molar-refractivity contribution in [2.24, 2.45) is 0 Å². The van der Waals surface area contributed by atoms with Gasteiger partial charge in [-0.05, 0) is 25.7 Å². The molecule has 98 valence electrons. The topological polar surface area (TPSA) is 75.3 Å². The van der Waals surface area contributed by atoms with Crippen molar-refractivity contribution in [2.45, 2.75) is 50.2 Å². The fourth-order valence-electron chi connectivity index (χ4n) is 2.75. The van der Waals surface area contributed by atoms with Gasteiger partial charge in [0.1, 0.15) is 9.84 Å². The highest BCUT2D eigenvalue weighted by Gasteiger charge is 2.33. The first-order valence-corrected chi connectivity index (χ1v) is 8.21. The molecule has 0 saturated carbocycles. The maximum Gasteiger partial charge on any atom is 0.221 e.